The van der Waals surface area contributed by atoms with Crippen LogP contribution in [0, 0.1) is 0 Å². The third kappa shape index (κ3) is 6.98. The monoisotopic (exact) mass is 587 g/mol. The number of unbranched alkanes of at least 4 members (excludes halogenated alkanes) is 1. The van der Waals surface area contributed by atoms with E-state index in [1.165, 1.54) is 16.8 Å². The summed E-state index contributed by atoms with van der Waals surface area (Å²) in [6.45, 7) is 9.20. The van der Waals surface area contributed by atoms with Gasteiger partial charge in [0.05, 0.1) is 18.0 Å². The molecule has 4 aromatic carbocycles. The molecule has 226 valence electrons. The SMILES string of the molecule is CCCCn1c(-c2ccccc2)nc(-c2ccccc2)c1CN(Cc1cccc(OCC)c1)Cc1ccc2c(c1)OCCO2. The van der Waals surface area contributed by atoms with E-state index in [0.29, 0.717) is 19.8 Å². The quantitative estimate of drug-likeness (QED) is 0.138. The highest BCUT2D eigenvalue weighted by molar-refractivity contribution is 5.68. The fourth-order valence-electron chi connectivity index (χ4n) is 5.82. The van der Waals surface area contributed by atoms with Crippen LogP contribution in [0.5, 0.6) is 17.2 Å². The van der Waals surface area contributed by atoms with Crippen molar-refractivity contribution in [3.8, 4) is 39.9 Å². The number of ether oxygens (including phenoxy) is 3. The maximum atomic E-state index is 5.94. The number of benzene rings is 4. The summed E-state index contributed by atoms with van der Waals surface area (Å²) in [5, 5.41) is 0. The summed E-state index contributed by atoms with van der Waals surface area (Å²) >= 11 is 0. The molecule has 1 aliphatic heterocycles. The highest BCUT2D eigenvalue weighted by Gasteiger charge is 2.23. The van der Waals surface area contributed by atoms with Crippen molar-refractivity contribution in [2.75, 3.05) is 19.8 Å². The van der Waals surface area contributed by atoms with Crippen molar-refractivity contribution in [3.63, 3.8) is 0 Å². The minimum Gasteiger partial charge on any atom is -0.494 e. The fourth-order valence-corrected chi connectivity index (χ4v) is 5.82. The van der Waals surface area contributed by atoms with Gasteiger partial charge in [-0.1, -0.05) is 92.2 Å². The lowest BCUT2D eigenvalue weighted by Crippen LogP contribution is -2.25. The molecule has 0 bridgehead atoms. The van der Waals surface area contributed by atoms with Crippen LogP contribution in [0.15, 0.2) is 103 Å². The molecule has 2 heterocycles. The summed E-state index contributed by atoms with van der Waals surface area (Å²) in [4.78, 5) is 7.84. The van der Waals surface area contributed by atoms with E-state index < -0.39 is 0 Å². The average molecular weight is 588 g/mol. The first-order chi connectivity index (χ1) is 21.7. The molecular formula is C38H41N3O3. The molecule has 0 radical (unpaired) electrons. The molecule has 6 heteroatoms. The Hall–Kier alpha value is -4.55. The van der Waals surface area contributed by atoms with Gasteiger partial charge in [-0.2, -0.15) is 0 Å². The van der Waals surface area contributed by atoms with E-state index in [4.69, 9.17) is 19.2 Å². The molecule has 5 aromatic rings. The van der Waals surface area contributed by atoms with Crippen molar-refractivity contribution in [2.24, 2.45) is 0 Å². The first-order valence-corrected chi connectivity index (χ1v) is 15.7. The number of aromatic nitrogens is 2. The van der Waals surface area contributed by atoms with Crippen LogP contribution in [-0.4, -0.2) is 34.3 Å². The topological polar surface area (TPSA) is 48.8 Å². The van der Waals surface area contributed by atoms with Crippen molar-refractivity contribution >= 4 is 0 Å². The van der Waals surface area contributed by atoms with Crippen LogP contribution in [-0.2, 0) is 26.2 Å². The van der Waals surface area contributed by atoms with Gasteiger partial charge in [-0.15, -0.1) is 0 Å². The van der Waals surface area contributed by atoms with Crippen LogP contribution in [0.3, 0.4) is 0 Å². The Morgan fingerprint density at radius 3 is 2.16 bits per heavy atom. The van der Waals surface area contributed by atoms with E-state index >= 15 is 0 Å². The predicted octanol–water partition coefficient (Wildman–Crippen LogP) is 8.39. The molecule has 0 aliphatic carbocycles. The van der Waals surface area contributed by atoms with Gasteiger partial charge in [0, 0.05) is 37.3 Å². The van der Waals surface area contributed by atoms with E-state index in [2.05, 4.69) is 107 Å². The third-order valence-electron chi connectivity index (χ3n) is 7.89. The minimum absolute atomic E-state index is 0.573. The molecule has 0 N–H and O–H groups in total. The second-order valence-corrected chi connectivity index (χ2v) is 11.2. The van der Waals surface area contributed by atoms with Crippen molar-refractivity contribution in [3.05, 3.63) is 120 Å². The van der Waals surface area contributed by atoms with Gasteiger partial charge in [0.15, 0.2) is 11.5 Å². The van der Waals surface area contributed by atoms with E-state index in [1.807, 2.05) is 19.1 Å². The highest BCUT2D eigenvalue weighted by Crippen LogP contribution is 2.34. The number of hydrogen-bond acceptors (Lipinski definition) is 5. The molecule has 0 fully saturated rings. The van der Waals surface area contributed by atoms with Gasteiger partial charge >= 0.3 is 0 Å². The molecule has 0 saturated carbocycles. The lowest BCUT2D eigenvalue weighted by Gasteiger charge is -2.26. The Morgan fingerprint density at radius 1 is 0.727 bits per heavy atom. The molecule has 0 unspecified atom stereocenters. The van der Waals surface area contributed by atoms with Crippen LogP contribution in [0.25, 0.3) is 22.6 Å². The van der Waals surface area contributed by atoms with Gasteiger partial charge in [0.2, 0.25) is 0 Å². The lowest BCUT2D eigenvalue weighted by atomic mass is 10.1. The number of fused-ring (bicyclic) bond motifs is 1. The van der Waals surface area contributed by atoms with E-state index in [9.17, 15) is 0 Å². The zero-order valence-corrected chi connectivity index (χ0v) is 25.7. The molecule has 0 saturated heterocycles. The second kappa shape index (κ2) is 14.3. The average Bonchev–Trinajstić information content (AvgIpc) is 3.42. The fraction of sp³-hybridized carbons (Fsp3) is 0.289. The Labute approximate surface area is 260 Å². The molecular weight excluding hydrogens is 546 g/mol. The zero-order chi connectivity index (χ0) is 30.1. The van der Waals surface area contributed by atoms with E-state index in [-0.39, 0.29) is 0 Å². The maximum absolute atomic E-state index is 5.94. The zero-order valence-electron chi connectivity index (χ0n) is 25.7. The summed E-state index contributed by atoms with van der Waals surface area (Å²) in [6.07, 6.45) is 2.19. The normalized spacial score (nSPS) is 12.4. The molecule has 6 rings (SSSR count). The Kier molecular flexibility index (Phi) is 9.58. The van der Waals surface area contributed by atoms with Gasteiger partial charge in [-0.3, -0.25) is 4.90 Å². The molecule has 1 aromatic heterocycles. The molecule has 44 heavy (non-hydrogen) atoms. The summed E-state index contributed by atoms with van der Waals surface area (Å²) in [5.41, 5.74) is 6.91. The Balaban J connectivity index is 1.43. The standard InChI is InChI=1S/C38H41N3O3/c1-3-5-21-41-34(37(31-14-8-6-9-15-31)39-38(41)32-16-10-7-11-17-32)28-40(26-29-13-12-18-33(24-29)42-4-2)27-30-19-20-35-36(25-30)44-23-22-43-35/h6-20,24-25H,3-5,21-23,26-28H2,1-2H3. The van der Waals surface area contributed by atoms with Gasteiger partial charge in [0.25, 0.3) is 0 Å². The summed E-state index contributed by atoms with van der Waals surface area (Å²) in [5.74, 6) is 3.54. The van der Waals surface area contributed by atoms with Crippen molar-refractivity contribution < 1.29 is 14.2 Å². The smallest absolute Gasteiger partial charge is 0.161 e. The lowest BCUT2D eigenvalue weighted by molar-refractivity contribution is 0.170. The van der Waals surface area contributed by atoms with Gasteiger partial charge in [-0.05, 0) is 48.7 Å². The molecule has 0 amide bonds. The van der Waals surface area contributed by atoms with Crippen molar-refractivity contribution in [1.29, 1.82) is 0 Å². The third-order valence-corrected chi connectivity index (χ3v) is 7.89. The summed E-state index contributed by atoms with van der Waals surface area (Å²) in [7, 11) is 0. The van der Waals surface area contributed by atoms with E-state index in [0.717, 1.165) is 78.9 Å². The maximum Gasteiger partial charge on any atom is 0.161 e. The van der Waals surface area contributed by atoms with E-state index in [1.54, 1.807) is 0 Å². The van der Waals surface area contributed by atoms with Gasteiger partial charge in [0.1, 0.15) is 24.8 Å². The molecule has 1 aliphatic rings. The van der Waals surface area contributed by atoms with Crippen LogP contribution < -0.4 is 14.2 Å². The first kappa shape index (κ1) is 29.5. The second-order valence-electron chi connectivity index (χ2n) is 11.2. The Morgan fingerprint density at radius 2 is 1.43 bits per heavy atom. The van der Waals surface area contributed by atoms with Gasteiger partial charge < -0.3 is 18.8 Å². The minimum atomic E-state index is 0.573. The number of imidazole rings is 1. The molecule has 6 nitrogen and oxygen atoms in total. The summed E-state index contributed by atoms with van der Waals surface area (Å²) < 4.78 is 20.1. The summed E-state index contributed by atoms with van der Waals surface area (Å²) in [6, 6.07) is 35.9. The van der Waals surface area contributed by atoms with Crippen molar-refractivity contribution in [1.82, 2.24) is 14.5 Å². The molecule has 0 atom stereocenters. The Bertz CT molecular complexity index is 1650. The number of nitrogens with zero attached hydrogens (tertiary/aromatic N) is 3. The van der Waals surface area contributed by atoms with Crippen LogP contribution in [0.1, 0.15) is 43.5 Å². The predicted molar refractivity (Wildman–Crippen MR) is 176 cm³/mol. The first-order valence-electron chi connectivity index (χ1n) is 15.7. The largest absolute Gasteiger partial charge is 0.494 e. The van der Waals surface area contributed by atoms with Crippen LogP contribution >= 0.6 is 0 Å². The number of hydrogen-bond donors (Lipinski definition) is 0. The number of rotatable bonds is 13. The highest BCUT2D eigenvalue weighted by atomic mass is 16.6. The van der Waals surface area contributed by atoms with Gasteiger partial charge in [-0.25, -0.2) is 4.98 Å². The van der Waals surface area contributed by atoms with Crippen molar-refractivity contribution in [2.45, 2.75) is 52.9 Å². The van der Waals surface area contributed by atoms with Crippen LogP contribution in [0.4, 0.5) is 0 Å². The van der Waals surface area contributed by atoms with Crippen LogP contribution in [0.2, 0.25) is 0 Å². The molecule has 0 spiro atoms.